The van der Waals surface area contributed by atoms with E-state index in [-0.39, 0.29) is 36.7 Å². The van der Waals surface area contributed by atoms with Gasteiger partial charge in [-0.1, -0.05) is 13.8 Å². The molecule has 0 spiro atoms. The minimum Gasteiger partial charge on any atom is -0.462 e. The monoisotopic (exact) mass is 418 g/mol. The molecule has 9 atom stereocenters. The van der Waals surface area contributed by atoms with Gasteiger partial charge in [-0.2, -0.15) is 0 Å². The molecule has 9 unspecified atom stereocenters. The average Bonchev–Trinajstić information content (AvgIpc) is 3.46. The lowest BCUT2D eigenvalue weighted by Gasteiger charge is -2.33. The zero-order valence-corrected chi connectivity index (χ0v) is 18.8. The molecule has 6 aliphatic carbocycles. The Labute approximate surface area is 180 Å². The predicted molar refractivity (Wildman–Crippen MR) is 111 cm³/mol. The molecular weight excluding hydrogens is 380 g/mol. The van der Waals surface area contributed by atoms with Gasteiger partial charge in [0.25, 0.3) is 0 Å². The van der Waals surface area contributed by atoms with E-state index in [2.05, 4.69) is 0 Å². The van der Waals surface area contributed by atoms with Crippen molar-refractivity contribution in [2.75, 3.05) is 6.79 Å². The quantitative estimate of drug-likeness (QED) is 0.421. The summed E-state index contributed by atoms with van der Waals surface area (Å²) in [5.41, 5.74) is -0.425. The zero-order valence-electron chi connectivity index (χ0n) is 18.8. The molecule has 0 aromatic rings. The molecule has 0 saturated heterocycles. The van der Waals surface area contributed by atoms with Crippen molar-refractivity contribution in [3.05, 3.63) is 0 Å². The van der Waals surface area contributed by atoms with E-state index in [1.165, 1.54) is 25.7 Å². The number of hydrogen-bond acceptors (Lipinski definition) is 5. The third kappa shape index (κ3) is 3.40. The Kier molecular flexibility index (Phi) is 5.40. The lowest BCUT2D eigenvalue weighted by atomic mass is 9.80. The van der Waals surface area contributed by atoms with Gasteiger partial charge in [-0.15, -0.1) is 0 Å². The normalized spacial score (nSPS) is 43.4. The van der Waals surface area contributed by atoms with Gasteiger partial charge < -0.3 is 14.2 Å². The van der Waals surface area contributed by atoms with Crippen LogP contribution in [-0.2, 0) is 23.8 Å². The minimum atomic E-state index is -0.425. The van der Waals surface area contributed by atoms with E-state index in [9.17, 15) is 9.59 Å². The first-order valence-corrected chi connectivity index (χ1v) is 12.4. The van der Waals surface area contributed by atoms with Crippen LogP contribution < -0.4 is 0 Å². The van der Waals surface area contributed by atoms with Crippen molar-refractivity contribution in [2.24, 2.45) is 46.8 Å². The van der Waals surface area contributed by atoms with Gasteiger partial charge in [0.05, 0.1) is 17.4 Å². The maximum Gasteiger partial charge on any atom is 0.312 e. The van der Waals surface area contributed by atoms with Crippen molar-refractivity contribution in [1.29, 1.82) is 0 Å². The van der Waals surface area contributed by atoms with Crippen LogP contribution in [0.25, 0.3) is 0 Å². The Morgan fingerprint density at radius 3 is 2.27 bits per heavy atom. The highest BCUT2D eigenvalue weighted by molar-refractivity contribution is 5.77. The molecule has 6 bridgehead atoms. The van der Waals surface area contributed by atoms with Crippen LogP contribution >= 0.6 is 0 Å². The standard InChI is InChI=1S/C25H38O5/c1-4-25(3,5-2)24(27)30-21-11-15-9-19(21)20(10-15)23(26)29-13-28-22-17-7-14-6-16(12-17)18(22)8-14/h14-22H,4-13H2,1-3H3. The second kappa shape index (κ2) is 7.79. The summed E-state index contributed by atoms with van der Waals surface area (Å²) in [6.45, 7) is 6.14. The second-order valence-electron chi connectivity index (χ2n) is 11.3. The molecule has 6 fully saturated rings. The molecule has 5 heteroatoms. The summed E-state index contributed by atoms with van der Waals surface area (Å²) in [6, 6.07) is 0. The topological polar surface area (TPSA) is 61.8 Å². The molecule has 6 rings (SSSR count). The maximum atomic E-state index is 12.8. The lowest BCUT2D eigenvalue weighted by Crippen LogP contribution is -2.38. The van der Waals surface area contributed by atoms with Gasteiger partial charge in [0, 0.05) is 5.92 Å². The summed E-state index contributed by atoms with van der Waals surface area (Å²) in [5, 5.41) is 0. The molecule has 0 aromatic heterocycles. The maximum absolute atomic E-state index is 12.8. The van der Waals surface area contributed by atoms with E-state index < -0.39 is 5.41 Å². The van der Waals surface area contributed by atoms with E-state index in [1.807, 2.05) is 20.8 Å². The van der Waals surface area contributed by atoms with Gasteiger partial charge in [0.2, 0.25) is 0 Å². The molecule has 0 radical (unpaired) electrons. The van der Waals surface area contributed by atoms with Crippen molar-refractivity contribution < 1.29 is 23.8 Å². The van der Waals surface area contributed by atoms with Crippen LogP contribution in [0, 0.1) is 46.8 Å². The van der Waals surface area contributed by atoms with Crippen LogP contribution in [0.4, 0.5) is 0 Å². The van der Waals surface area contributed by atoms with Crippen LogP contribution in [-0.4, -0.2) is 30.9 Å². The number of esters is 2. The zero-order chi connectivity index (χ0) is 21.0. The van der Waals surface area contributed by atoms with E-state index in [1.54, 1.807) is 0 Å². The van der Waals surface area contributed by atoms with Crippen molar-refractivity contribution in [3.63, 3.8) is 0 Å². The molecular formula is C25H38O5. The van der Waals surface area contributed by atoms with E-state index in [0.717, 1.165) is 43.9 Å². The van der Waals surface area contributed by atoms with E-state index >= 15 is 0 Å². The first kappa shape index (κ1) is 20.8. The highest BCUT2D eigenvalue weighted by Crippen LogP contribution is 2.59. The minimum absolute atomic E-state index is 0.0932. The Bertz CT molecular complexity index is 681. The molecule has 30 heavy (non-hydrogen) atoms. The van der Waals surface area contributed by atoms with Gasteiger partial charge in [-0.25, -0.2) is 0 Å². The molecule has 0 N–H and O–H groups in total. The SMILES string of the molecule is CCC(C)(CC)C(=O)OC1CC2CC(C(=O)OCOC3C4CC5CC(C4)C3C5)C1C2. The summed E-state index contributed by atoms with van der Waals surface area (Å²) in [6.07, 6.45) is 9.78. The van der Waals surface area contributed by atoms with Crippen LogP contribution in [0.2, 0.25) is 0 Å². The molecule has 5 nitrogen and oxygen atoms in total. The van der Waals surface area contributed by atoms with Gasteiger partial charge in [-0.3, -0.25) is 9.59 Å². The Balaban J connectivity index is 1.12. The van der Waals surface area contributed by atoms with Crippen LogP contribution in [0.5, 0.6) is 0 Å². The van der Waals surface area contributed by atoms with Gasteiger partial charge >= 0.3 is 11.9 Å². The number of carbonyl (C=O) groups excluding carboxylic acids is 2. The second-order valence-corrected chi connectivity index (χ2v) is 11.3. The molecule has 0 amide bonds. The molecule has 6 saturated carbocycles. The van der Waals surface area contributed by atoms with Crippen molar-refractivity contribution >= 4 is 11.9 Å². The van der Waals surface area contributed by atoms with Crippen molar-refractivity contribution in [3.8, 4) is 0 Å². The summed E-state index contributed by atoms with van der Waals surface area (Å²) < 4.78 is 17.7. The molecule has 0 aliphatic heterocycles. The number of hydrogen-bond donors (Lipinski definition) is 0. The molecule has 0 aromatic carbocycles. The third-order valence-electron chi connectivity index (χ3n) is 9.80. The lowest BCUT2D eigenvalue weighted by molar-refractivity contribution is -0.179. The fourth-order valence-electron chi connectivity index (χ4n) is 7.72. The number of rotatable bonds is 8. The van der Waals surface area contributed by atoms with Gasteiger partial charge in [0.15, 0.2) is 6.79 Å². The van der Waals surface area contributed by atoms with Crippen LogP contribution in [0.15, 0.2) is 0 Å². The number of fused-ring (bicyclic) bond motifs is 2. The fourth-order valence-corrected chi connectivity index (χ4v) is 7.72. The van der Waals surface area contributed by atoms with Gasteiger partial charge in [0.1, 0.15) is 6.10 Å². The number of carbonyl (C=O) groups is 2. The average molecular weight is 419 g/mol. The molecule has 0 heterocycles. The Hall–Kier alpha value is -1.10. The summed E-state index contributed by atoms with van der Waals surface area (Å²) in [5.74, 6) is 3.36. The largest absolute Gasteiger partial charge is 0.462 e. The Morgan fingerprint density at radius 1 is 0.867 bits per heavy atom. The fraction of sp³-hybridized carbons (Fsp3) is 0.920. The van der Waals surface area contributed by atoms with Crippen molar-refractivity contribution in [1.82, 2.24) is 0 Å². The highest BCUT2D eigenvalue weighted by atomic mass is 16.7. The highest BCUT2D eigenvalue weighted by Gasteiger charge is 2.55. The van der Waals surface area contributed by atoms with E-state index in [4.69, 9.17) is 14.2 Å². The van der Waals surface area contributed by atoms with Crippen LogP contribution in [0.1, 0.15) is 78.6 Å². The Morgan fingerprint density at radius 2 is 1.57 bits per heavy atom. The predicted octanol–water partition coefficient (Wildman–Crippen LogP) is 4.72. The smallest absolute Gasteiger partial charge is 0.312 e. The van der Waals surface area contributed by atoms with Crippen molar-refractivity contribution in [2.45, 2.75) is 90.8 Å². The summed E-state index contributed by atoms with van der Waals surface area (Å²) >= 11 is 0. The van der Waals surface area contributed by atoms with E-state index in [0.29, 0.717) is 23.9 Å². The first-order valence-electron chi connectivity index (χ1n) is 12.4. The first-order chi connectivity index (χ1) is 14.4. The van der Waals surface area contributed by atoms with Crippen LogP contribution in [0.3, 0.4) is 0 Å². The summed E-state index contributed by atoms with van der Waals surface area (Å²) in [4.78, 5) is 25.5. The number of ether oxygens (including phenoxy) is 3. The third-order valence-corrected chi connectivity index (χ3v) is 9.80. The van der Waals surface area contributed by atoms with Gasteiger partial charge in [-0.05, 0) is 94.3 Å². The molecule has 168 valence electrons. The molecule has 6 aliphatic rings. The summed E-state index contributed by atoms with van der Waals surface area (Å²) in [7, 11) is 0.